The second-order valence-corrected chi connectivity index (χ2v) is 5.25. The number of hydrogen-bond acceptors (Lipinski definition) is 5. The Balaban J connectivity index is 1.76. The summed E-state index contributed by atoms with van der Waals surface area (Å²) < 4.78 is 1.98. The fourth-order valence-corrected chi connectivity index (χ4v) is 2.78. The lowest BCUT2D eigenvalue weighted by Crippen LogP contribution is -2.10. The third-order valence-corrected chi connectivity index (χ3v) is 3.75. The summed E-state index contributed by atoms with van der Waals surface area (Å²) in [5.41, 5.74) is 2.21. The van der Waals surface area contributed by atoms with Crippen LogP contribution in [0.1, 0.15) is 12.5 Å². The van der Waals surface area contributed by atoms with Crippen LogP contribution in [0, 0.1) is 0 Å². The zero-order chi connectivity index (χ0) is 13.8. The van der Waals surface area contributed by atoms with Gasteiger partial charge >= 0.3 is 0 Å². The van der Waals surface area contributed by atoms with Gasteiger partial charge in [0.25, 0.3) is 0 Å². The predicted molar refractivity (Wildman–Crippen MR) is 83.7 cm³/mol. The van der Waals surface area contributed by atoms with E-state index in [4.69, 9.17) is 0 Å². The molecule has 0 spiro atoms. The first kappa shape index (κ1) is 12.9. The van der Waals surface area contributed by atoms with Crippen LogP contribution in [0.4, 0.5) is 11.6 Å². The molecule has 0 atom stereocenters. The number of imidazole rings is 1. The zero-order valence-electron chi connectivity index (χ0n) is 11.3. The van der Waals surface area contributed by atoms with Gasteiger partial charge < -0.3 is 15.0 Å². The van der Waals surface area contributed by atoms with Crippen LogP contribution in [-0.4, -0.2) is 27.5 Å². The molecule has 20 heavy (non-hydrogen) atoms. The van der Waals surface area contributed by atoms with Gasteiger partial charge in [0.15, 0.2) is 11.5 Å². The van der Waals surface area contributed by atoms with Crippen molar-refractivity contribution in [2.24, 2.45) is 0 Å². The maximum absolute atomic E-state index is 4.58. The molecule has 0 aliphatic heterocycles. The molecule has 0 unspecified atom stereocenters. The number of fused-ring (bicyclic) bond motifs is 1. The topological polar surface area (TPSA) is 54.2 Å². The number of rotatable bonds is 6. The Morgan fingerprint density at radius 1 is 1.35 bits per heavy atom. The lowest BCUT2D eigenvalue weighted by molar-refractivity contribution is 1.000. The molecule has 0 aliphatic carbocycles. The molecule has 0 aliphatic rings. The quantitative estimate of drug-likeness (QED) is 0.732. The average molecular weight is 287 g/mol. The molecule has 3 rings (SSSR count). The normalized spacial score (nSPS) is 10.8. The van der Waals surface area contributed by atoms with E-state index in [2.05, 4.69) is 44.4 Å². The van der Waals surface area contributed by atoms with Crippen molar-refractivity contribution < 1.29 is 0 Å². The van der Waals surface area contributed by atoms with E-state index in [9.17, 15) is 0 Å². The second-order valence-electron chi connectivity index (χ2n) is 4.47. The van der Waals surface area contributed by atoms with E-state index in [0.717, 1.165) is 36.8 Å². The highest BCUT2D eigenvalue weighted by Gasteiger charge is 2.06. The molecular formula is C14H17N5S. The number of thiophene rings is 1. The van der Waals surface area contributed by atoms with Crippen LogP contribution < -0.4 is 10.6 Å². The third kappa shape index (κ3) is 2.75. The van der Waals surface area contributed by atoms with E-state index in [1.807, 2.05) is 16.8 Å². The monoisotopic (exact) mass is 287 g/mol. The Bertz CT molecular complexity index is 674. The lowest BCUT2D eigenvalue weighted by atomic mass is 10.2. The summed E-state index contributed by atoms with van der Waals surface area (Å²) in [6.45, 7) is 3.76. The molecule has 0 aromatic carbocycles. The summed E-state index contributed by atoms with van der Waals surface area (Å²) in [7, 11) is 0. The van der Waals surface area contributed by atoms with Gasteiger partial charge in [-0.15, -0.1) is 0 Å². The summed E-state index contributed by atoms with van der Waals surface area (Å²) >= 11 is 1.73. The van der Waals surface area contributed by atoms with Crippen molar-refractivity contribution in [3.8, 4) is 0 Å². The van der Waals surface area contributed by atoms with E-state index in [-0.39, 0.29) is 0 Å². The van der Waals surface area contributed by atoms with E-state index in [0.29, 0.717) is 0 Å². The first-order valence-corrected chi connectivity index (χ1v) is 7.63. The molecular weight excluding hydrogens is 270 g/mol. The van der Waals surface area contributed by atoms with Crippen molar-refractivity contribution in [1.82, 2.24) is 14.4 Å². The molecule has 0 saturated carbocycles. The zero-order valence-corrected chi connectivity index (χ0v) is 12.2. The smallest absolute Gasteiger partial charge is 0.180 e. The summed E-state index contributed by atoms with van der Waals surface area (Å²) in [6.07, 6.45) is 6.66. The summed E-state index contributed by atoms with van der Waals surface area (Å²) in [6, 6.07) is 2.15. The number of aromatic nitrogens is 3. The van der Waals surface area contributed by atoms with Gasteiger partial charge in [-0.1, -0.05) is 0 Å². The van der Waals surface area contributed by atoms with Gasteiger partial charge in [0.05, 0.1) is 6.20 Å². The van der Waals surface area contributed by atoms with Crippen LogP contribution in [0.25, 0.3) is 5.65 Å². The lowest BCUT2D eigenvalue weighted by Gasteiger charge is -2.09. The Hall–Kier alpha value is -2.08. The highest BCUT2D eigenvalue weighted by molar-refractivity contribution is 7.07. The Kier molecular flexibility index (Phi) is 3.83. The molecule has 0 amide bonds. The summed E-state index contributed by atoms with van der Waals surface area (Å²) in [5.74, 6) is 1.68. The van der Waals surface area contributed by atoms with Crippen LogP contribution in [0.3, 0.4) is 0 Å². The minimum absolute atomic E-state index is 0.823. The van der Waals surface area contributed by atoms with Gasteiger partial charge in [0, 0.05) is 25.5 Å². The van der Waals surface area contributed by atoms with Crippen LogP contribution >= 0.6 is 11.3 Å². The summed E-state index contributed by atoms with van der Waals surface area (Å²) in [5, 5.41) is 10.9. The fraction of sp³-hybridized carbons (Fsp3) is 0.286. The van der Waals surface area contributed by atoms with Crippen molar-refractivity contribution in [1.29, 1.82) is 0 Å². The van der Waals surface area contributed by atoms with Gasteiger partial charge in [0.2, 0.25) is 0 Å². The van der Waals surface area contributed by atoms with Gasteiger partial charge in [-0.3, -0.25) is 0 Å². The van der Waals surface area contributed by atoms with Crippen molar-refractivity contribution in [2.45, 2.75) is 13.3 Å². The van der Waals surface area contributed by atoms with Crippen molar-refractivity contribution in [2.75, 3.05) is 23.7 Å². The first-order valence-electron chi connectivity index (χ1n) is 6.69. The molecule has 6 heteroatoms. The third-order valence-electron chi connectivity index (χ3n) is 3.02. The van der Waals surface area contributed by atoms with E-state index in [1.165, 1.54) is 5.56 Å². The van der Waals surface area contributed by atoms with E-state index < -0.39 is 0 Å². The highest BCUT2D eigenvalue weighted by atomic mass is 32.1. The minimum atomic E-state index is 0.823. The number of nitrogens with one attached hydrogen (secondary N) is 2. The average Bonchev–Trinajstić information content (AvgIpc) is 3.09. The minimum Gasteiger partial charge on any atom is -0.369 e. The van der Waals surface area contributed by atoms with Crippen LogP contribution in [0.15, 0.2) is 35.4 Å². The Morgan fingerprint density at radius 2 is 2.30 bits per heavy atom. The number of anilines is 2. The van der Waals surface area contributed by atoms with Crippen molar-refractivity contribution >= 4 is 28.6 Å². The maximum atomic E-state index is 4.58. The SMILES string of the molecule is CCNc1cn2ccnc2c(NCCc2ccsc2)n1. The van der Waals surface area contributed by atoms with Gasteiger partial charge in [-0.2, -0.15) is 11.3 Å². The number of hydrogen-bond donors (Lipinski definition) is 2. The Morgan fingerprint density at radius 3 is 3.10 bits per heavy atom. The van der Waals surface area contributed by atoms with E-state index >= 15 is 0 Å². The van der Waals surface area contributed by atoms with Crippen LogP contribution in [-0.2, 0) is 6.42 Å². The maximum Gasteiger partial charge on any atom is 0.180 e. The fourth-order valence-electron chi connectivity index (χ4n) is 2.08. The molecule has 2 N–H and O–H groups in total. The second kappa shape index (κ2) is 5.92. The molecule has 5 nitrogen and oxygen atoms in total. The van der Waals surface area contributed by atoms with Crippen molar-refractivity contribution in [3.05, 3.63) is 41.0 Å². The van der Waals surface area contributed by atoms with E-state index in [1.54, 1.807) is 17.5 Å². The van der Waals surface area contributed by atoms with Crippen LogP contribution in [0.2, 0.25) is 0 Å². The molecule has 0 bridgehead atoms. The molecule has 0 saturated heterocycles. The molecule has 0 radical (unpaired) electrons. The summed E-state index contributed by atoms with van der Waals surface area (Å²) in [4.78, 5) is 8.93. The van der Waals surface area contributed by atoms with Gasteiger partial charge in [0.1, 0.15) is 5.82 Å². The van der Waals surface area contributed by atoms with Gasteiger partial charge in [-0.25, -0.2) is 9.97 Å². The number of nitrogens with zero attached hydrogens (tertiary/aromatic N) is 3. The largest absolute Gasteiger partial charge is 0.369 e. The van der Waals surface area contributed by atoms with Gasteiger partial charge in [-0.05, 0) is 35.7 Å². The molecule has 3 aromatic heterocycles. The molecule has 0 fully saturated rings. The highest BCUT2D eigenvalue weighted by Crippen LogP contribution is 2.16. The Labute approximate surface area is 121 Å². The standard InChI is InChI=1S/C14H17N5S/c1-2-15-12-9-19-7-6-17-14(19)13(18-12)16-5-3-11-4-8-20-10-11/h4,6-10,15H,2-3,5H2,1H3,(H,16,18). The van der Waals surface area contributed by atoms with Crippen molar-refractivity contribution in [3.63, 3.8) is 0 Å². The first-order chi connectivity index (χ1) is 9.86. The molecule has 104 valence electrons. The predicted octanol–water partition coefficient (Wildman–Crippen LogP) is 2.88. The molecule has 3 heterocycles. The molecule has 3 aromatic rings. The van der Waals surface area contributed by atoms with Crippen LogP contribution in [0.5, 0.6) is 0 Å².